The molecule has 0 spiro atoms. The molecule has 0 fully saturated rings. The maximum atomic E-state index is 13.3. The van der Waals surface area contributed by atoms with Crippen molar-refractivity contribution in [2.24, 2.45) is 0 Å². The highest BCUT2D eigenvalue weighted by molar-refractivity contribution is 5.78. The van der Waals surface area contributed by atoms with E-state index in [1.807, 2.05) is 37.5 Å². The number of imidazole rings is 1. The van der Waals surface area contributed by atoms with Crippen LogP contribution in [0.3, 0.4) is 0 Å². The Morgan fingerprint density at radius 3 is 2.33 bits per heavy atom. The van der Waals surface area contributed by atoms with Gasteiger partial charge in [-0.3, -0.25) is 4.79 Å². The van der Waals surface area contributed by atoms with Crippen molar-refractivity contribution in [1.82, 2.24) is 14.3 Å². The Bertz CT molecular complexity index is 968. The van der Waals surface area contributed by atoms with Gasteiger partial charge in [0.1, 0.15) is 5.65 Å². The van der Waals surface area contributed by atoms with Crippen LogP contribution in [0.5, 0.6) is 0 Å². The Labute approximate surface area is 180 Å². The largest absolute Gasteiger partial charge is 0.378 e. The molecule has 3 rings (SSSR count). The number of pyridine rings is 1. The van der Waals surface area contributed by atoms with E-state index in [9.17, 15) is 4.79 Å². The molecule has 5 nitrogen and oxygen atoms in total. The molecule has 30 heavy (non-hydrogen) atoms. The lowest BCUT2D eigenvalue weighted by atomic mass is 9.91. The summed E-state index contributed by atoms with van der Waals surface area (Å²) in [6, 6.07) is 12.7. The van der Waals surface area contributed by atoms with Crippen LogP contribution in [0.1, 0.15) is 55.8 Å². The maximum absolute atomic E-state index is 13.3. The number of anilines is 1. The Morgan fingerprint density at radius 2 is 1.73 bits per heavy atom. The number of amides is 1. The van der Waals surface area contributed by atoms with Gasteiger partial charge in [-0.1, -0.05) is 32.0 Å². The summed E-state index contributed by atoms with van der Waals surface area (Å²) in [5, 5.41) is 0. The summed E-state index contributed by atoms with van der Waals surface area (Å²) < 4.78 is 2.14. The van der Waals surface area contributed by atoms with E-state index in [2.05, 4.69) is 65.4 Å². The molecule has 0 N–H and O–H groups in total. The molecule has 2 heterocycles. The van der Waals surface area contributed by atoms with Crippen molar-refractivity contribution >= 4 is 17.2 Å². The molecule has 0 saturated heterocycles. The van der Waals surface area contributed by atoms with Crippen LogP contribution in [0.4, 0.5) is 5.69 Å². The van der Waals surface area contributed by atoms with E-state index >= 15 is 0 Å². The van der Waals surface area contributed by atoms with E-state index < -0.39 is 0 Å². The van der Waals surface area contributed by atoms with Gasteiger partial charge in [-0.2, -0.15) is 0 Å². The summed E-state index contributed by atoms with van der Waals surface area (Å²) >= 11 is 0. The molecular weight excluding hydrogens is 372 g/mol. The fourth-order valence-electron chi connectivity index (χ4n) is 4.03. The molecule has 0 bridgehead atoms. The van der Waals surface area contributed by atoms with Gasteiger partial charge in [0.2, 0.25) is 5.91 Å². The number of nitrogens with zero attached hydrogens (tertiary/aromatic N) is 4. The zero-order valence-corrected chi connectivity index (χ0v) is 18.9. The number of benzene rings is 1. The molecule has 0 aliphatic rings. The molecule has 0 radical (unpaired) electrons. The van der Waals surface area contributed by atoms with Crippen molar-refractivity contribution in [3.8, 4) is 0 Å². The minimum absolute atomic E-state index is 0.0401. The van der Waals surface area contributed by atoms with E-state index in [1.165, 1.54) is 0 Å². The molecule has 3 aromatic rings. The molecule has 1 aromatic carbocycles. The van der Waals surface area contributed by atoms with Crippen LogP contribution >= 0.6 is 0 Å². The van der Waals surface area contributed by atoms with Crippen molar-refractivity contribution in [1.29, 1.82) is 0 Å². The third-order valence-corrected chi connectivity index (χ3v) is 5.65. The molecule has 160 valence electrons. The van der Waals surface area contributed by atoms with E-state index in [0.717, 1.165) is 54.1 Å². The SMILES string of the molecule is CCCN(CCC)C(=O)CC(c1ccc(N(C)C)cc1)c1cnc2c(C)cccn12. The lowest BCUT2D eigenvalue weighted by Crippen LogP contribution is -2.33. The minimum atomic E-state index is -0.0401. The zero-order chi connectivity index (χ0) is 21.7. The summed E-state index contributed by atoms with van der Waals surface area (Å²) in [6.07, 6.45) is 6.38. The average Bonchev–Trinajstić information content (AvgIpc) is 3.17. The van der Waals surface area contributed by atoms with Crippen LogP contribution in [0, 0.1) is 6.92 Å². The number of fused-ring (bicyclic) bond motifs is 1. The highest BCUT2D eigenvalue weighted by Gasteiger charge is 2.24. The Kier molecular flexibility index (Phi) is 7.14. The molecule has 5 heteroatoms. The van der Waals surface area contributed by atoms with E-state index in [4.69, 9.17) is 0 Å². The van der Waals surface area contributed by atoms with Crippen molar-refractivity contribution in [3.05, 3.63) is 65.6 Å². The molecular formula is C25H34N4O. The van der Waals surface area contributed by atoms with Gasteiger partial charge in [0.25, 0.3) is 0 Å². The normalized spacial score (nSPS) is 12.2. The number of aryl methyl sites for hydroxylation is 1. The molecule has 0 aliphatic carbocycles. The smallest absolute Gasteiger partial charge is 0.223 e. The van der Waals surface area contributed by atoms with Crippen molar-refractivity contribution in [2.75, 3.05) is 32.1 Å². The second kappa shape index (κ2) is 9.79. The topological polar surface area (TPSA) is 40.9 Å². The average molecular weight is 407 g/mol. The van der Waals surface area contributed by atoms with Gasteiger partial charge in [-0.25, -0.2) is 4.98 Å². The third-order valence-electron chi connectivity index (χ3n) is 5.65. The predicted molar refractivity (Wildman–Crippen MR) is 124 cm³/mol. The van der Waals surface area contributed by atoms with Crippen molar-refractivity contribution < 1.29 is 4.79 Å². The van der Waals surface area contributed by atoms with Crippen LogP contribution in [0.25, 0.3) is 5.65 Å². The first-order valence-corrected chi connectivity index (χ1v) is 10.9. The van der Waals surface area contributed by atoms with Gasteiger partial charge < -0.3 is 14.2 Å². The number of carbonyl (C=O) groups excluding carboxylic acids is 1. The molecule has 2 aromatic heterocycles. The third kappa shape index (κ3) is 4.66. The van der Waals surface area contributed by atoms with E-state index in [-0.39, 0.29) is 11.8 Å². The highest BCUT2D eigenvalue weighted by Crippen LogP contribution is 2.31. The summed E-state index contributed by atoms with van der Waals surface area (Å²) in [4.78, 5) is 22.0. The van der Waals surface area contributed by atoms with Crippen molar-refractivity contribution in [2.45, 2.75) is 46.0 Å². The zero-order valence-electron chi connectivity index (χ0n) is 18.9. The van der Waals surface area contributed by atoms with Crippen LogP contribution in [-0.2, 0) is 4.79 Å². The molecule has 0 aliphatic heterocycles. The van der Waals surface area contributed by atoms with Gasteiger partial charge in [-0.15, -0.1) is 0 Å². The minimum Gasteiger partial charge on any atom is -0.378 e. The number of hydrogen-bond acceptors (Lipinski definition) is 3. The van der Waals surface area contributed by atoms with Gasteiger partial charge >= 0.3 is 0 Å². The maximum Gasteiger partial charge on any atom is 0.223 e. The molecule has 1 unspecified atom stereocenters. The van der Waals surface area contributed by atoms with Gasteiger partial charge in [0.05, 0.1) is 5.69 Å². The fraction of sp³-hybridized carbons (Fsp3) is 0.440. The fourth-order valence-corrected chi connectivity index (χ4v) is 4.03. The lowest BCUT2D eigenvalue weighted by Gasteiger charge is -2.25. The molecule has 0 saturated carbocycles. The lowest BCUT2D eigenvalue weighted by molar-refractivity contribution is -0.131. The summed E-state index contributed by atoms with van der Waals surface area (Å²) in [7, 11) is 4.08. The second-order valence-corrected chi connectivity index (χ2v) is 8.19. The summed E-state index contributed by atoms with van der Waals surface area (Å²) in [5.41, 5.74) is 5.44. The summed E-state index contributed by atoms with van der Waals surface area (Å²) in [6.45, 7) is 7.94. The van der Waals surface area contributed by atoms with Crippen LogP contribution in [0.2, 0.25) is 0 Å². The monoisotopic (exact) mass is 406 g/mol. The standard InChI is InChI=1S/C25H34N4O/c1-6-14-28(15-7-2)24(30)17-22(20-10-12-21(13-11-20)27(4)5)23-18-26-25-19(3)9-8-16-29(23)25/h8-13,16,18,22H,6-7,14-15,17H2,1-5H3. The Hall–Kier alpha value is -2.82. The number of hydrogen-bond donors (Lipinski definition) is 0. The highest BCUT2D eigenvalue weighted by atomic mass is 16.2. The predicted octanol–water partition coefficient (Wildman–Crippen LogP) is 4.88. The van der Waals surface area contributed by atoms with E-state index in [1.54, 1.807) is 0 Å². The summed E-state index contributed by atoms with van der Waals surface area (Å²) in [5.74, 6) is 0.171. The Morgan fingerprint density at radius 1 is 1.07 bits per heavy atom. The first-order valence-electron chi connectivity index (χ1n) is 10.9. The molecule has 1 atom stereocenters. The van der Waals surface area contributed by atoms with Gasteiger partial charge in [-0.05, 0) is 49.1 Å². The van der Waals surface area contributed by atoms with Crippen LogP contribution < -0.4 is 4.90 Å². The number of carbonyl (C=O) groups is 1. The van der Waals surface area contributed by atoms with Gasteiger partial charge in [0, 0.05) is 57.6 Å². The van der Waals surface area contributed by atoms with Crippen LogP contribution in [-0.4, -0.2) is 47.4 Å². The number of aromatic nitrogens is 2. The van der Waals surface area contributed by atoms with Gasteiger partial charge in [0.15, 0.2) is 0 Å². The second-order valence-electron chi connectivity index (χ2n) is 8.19. The quantitative estimate of drug-likeness (QED) is 0.508. The van der Waals surface area contributed by atoms with Crippen LogP contribution in [0.15, 0.2) is 48.8 Å². The number of rotatable bonds is 9. The first kappa shape index (κ1) is 21.9. The van der Waals surface area contributed by atoms with E-state index in [0.29, 0.717) is 6.42 Å². The molecule has 1 amide bonds. The van der Waals surface area contributed by atoms with Crippen molar-refractivity contribution in [3.63, 3.8) is 0 Å². The first-order chi connectivity index (χ1) is 14.5. The Balaban J connectivity index is 2.02.